The molecule has 1 heterocycles. The zero-order valence-corrected chi connectivity index (χ0v) is 12.7. The summed E-state index contributed by atoms with van der Waals surface area (Å²) in [5.41, 5.74) is 1.28. The van der Waals surface area contributed by atoms with Gasteiger partial charge in [-0.05, 0) is 38.1 Å². The lowest BCUT2D eigenvalue weighted by molar-refractivity contribution is 0.208. The molecule has 102 valence electrons. The Morgan fingerprint density at radius 2 is 2.28 bits per heavy atom. The molecule has 0 amide bonds. The van der Waals surface area contributed by atoms with Crippen LogP contribution in [0.3, 0.4) is 0 Å². The van der Waals surface area contributed by atoms with Crippen molar-refractivity contribution in [2.24, 2.45) is 11.8 Å². The van der Waals surface area contributed by atoms with E-state index in [1.807, 2.05) is 0 Å². The van der Waals surface area contributed by atoms with Crippen LogP contribution < -0.4 is 5.32 Å². The van der Waals surface area contributed by atoms with Crippen molar-refractivity contribution in [1.82, 2.24) is 10.3 Å². The van der Waals surface area contributed by atoms with E-state index in [9.17, 15) is 0 Å². The molecule has 3 heteroatoms. The first kappa shape index (κ1) is 14.0. The van der Waals surface area contributed by atoms with Gasteiger partial charge in [0.2, 0.25) is 0 Å². The molecular weight excluding hydrogens is 240 g/mol. The van der Waals surface area contributed by atoms with Crippen molar-refractivity contribution in [1.29, 1.82) is 0 Å². The molecule has 18 heavy (non-hydrogen) atoms. The van der Waals surface area contributed by atoms with Crippen LogP contribution in [0.25, 0.3) is 0 Å². The molecule has 1 aliphatic rings. The minimum atomic E-state index is 0.481. The molecule has 1 fully saturated rings. The average Bonchev–Trinajstić information content (AvgIpc) is 2.82. The number of aryl methyl sites for hydroxylation is 1. The summed E-state index contributed by atoms with van der Waals surface area (Å²) in [5.74, 6) is 1.72. The molecule has 2 nitrogen and oxygen atoms in total. The molecule has 0 saturated heterocycles. The van der Waals surface area contributed by atoms with Gasteiger partial charge < -0.3 is 5.32 Å². The number of aromatic nitrogens is 1. The van der Waals surface area contributed by atoms with E-state index in [1.54, 1.807) is 11.3 Å². The molecule has 0 aromatic carbocycles. The van der Waals surface area contributed by atoms with E-state index in [0.29, 0.717) is 6.04 Å². The highest BCUT2D eigenvalue weighted by Crippen LogP contribution is 2.38. The van der Waals surface area contributed by atoms with E-state index >= 15 is 0 Å². The molecule has 1 aromatic heterocycles. The van der Waals surface area contributed by atoms with Crippen LogP contribution in [-0.4, -0.2) is 11.5 Å². The SMILES string of the molecule is CCNC(c1csc(C)n1)C1CCCC(CC)C1. The highest BCUT2D eigenvalue weighted by Gasteiger charge is 2.29. The minimum absolute atomic E-state index is 0.481. The van der Waals surface area contributed by atoms with Crippen LogP contribution >= 0.6 is 11.3 Å². The quantitative estimate of drug-likeness (QED) is 0.858. The monoisotopic (exact) mass is 266 g/mol. The number of nitrogens with zero attached hydrogens (tertiary/aromatic N) is 1. The standard InChI is InChI=1S/C15H26N2S/c1-4-12-7-6-8-13(9-12)15(16-5-2)14-10-18-11(3)17-14/h10,12-13,15-16H,4-9H2,1-3H3. The van der Waals surface area contributed by atoms with Gasteiger partial charge in [-0.15, -0.1) is 11.3 Å². The topological polar surface area (TPSA) is 24.9 Å². The van der Waals surface area contributed by atoms with E-state index in [1.165, 1.54) is 42.8 Å². The van der Waals surface area contributed by atoms with Crippen molar-refractivity contribution in [3.05, 3.63) is 16.1 Å². The maximum Gasteiger partial charge on any atom is 0.0898 e. The van der Waals surface area contributed by atoms with E-state index in [0.717, 1.165) is 18.4 Å². The van der Waals surface area contributed by atoms with E-state index in [4.69, 9.17) is 4.98 Å². The normalized spacial score (nSPS) is 26.2. The summed E-state index contributed by atoms with van der Waals surface area (Å²) in [5, 5.41) is 7.11. The predicted molar refractivity (Wildman–Crippen MR) is 79.0 cm³/mol. The summed E-state index contributed by atoms with van der Waals surface area (Å²) in [7, 11) is 0. The number of hydrogen-bond acceptors (Lipinski definition) is 3. The number of nitrogens with one attached hydrogen (secondary N) is 1. The Bertz CT molecular complexity index is 361. The zero-order chi connectivity index (χ0) is 13.0. The van der Waals surface area contributed by atoms with Gasteiger partial charge in [0.25, 0.3) is 0 Å². The van der Waals surface area contributed by atoms with Crippen LogP contribution in [0.2, 0.25) is 0 Å². The fourth-order valence-corrected chi connectivity index (χ4v) is 3.91. The minimum Gasteiger partial charge on any atom is -0.309 e. The van der Waals surface area contributed by atoms with Gasteiger partial charge in [0.1, 0.15) is 0 Å². The Morgan fingerprint density at radius 3 is 2.89 bits per heavy atom. The first-order valence-corrected chi connectivity index (χ1v) is 8.28. The molecular formula is C15H26N2S. The summed E-state index contributed by atoms with van der Waals surface area (Å²) < 4.78 is 0. The van der Waals surface area contributed by atoms with Crippen molar-refractivity contribution in [3.63, 3.8) is 0 Å². The Morgan fingerprint density at radius 1 is 1.44 bits per heavy atom. The summed E-state index contributed by atoms with van der Waals surface area (Å²) in [6, 6.07) is 0.481. The first-order chi connectivity index (χ1) is 8.74. The summed E-state index contributed by atoms with van der Waals surface area (Å²) in [6.45, 7) is 7.68. The smallest absolute Gasteiger partial charge is 0.0898 e. The van der Waals surface area contributed by atoms with Gasteiger partial charge in [-0.3, -0.25) is 0 Å². The highest BCUT2D eigenvalue weighted by molar-refractivity contribution is 7.09. The maximum atomic E-state index is 4.71. The Kier molecular flexibility index (Phi) is 5.19. The summed E-state index contributed by atoms with van der Waals surface area (Å²) in [4.78, 5) is 4.71. The van der Waals surface area contributed by atoms with Crippen molar-refractivity contribution in [2.75, 3.05) is 6.54 Å². The van der Waals surface area contributed by atoms with Crippen molar-refractivity contribution < 1.29 is 0 Å². The highest BCUT2D eigenvalue weighted by atomic mass is 32.1. The second kappa shape index (κ2) is 6.67. The molecule has 1 saturated carbocycles. The molecule has 0 spiro atoms. The molecule has 3 atom stereocenters. The van der Waals surface area contributed by atoms with Gasteiger partial charge in [-0.2, -0.15) is 0 Å². The second-order valence-corrected chi connectivity index (χ2v) is 6.59. The van der Waals surface area contributed by atoms with Gasteiger partial charge in [0, 0.05) is 5.38 Å². The molecule has 1 N–H and O–H groups in total. The Hall–Kier alpha value is -0.410. The van der Waals surface area contributed by atoms with Gasteiger partial charge in [0.05, 0.1) is 16.7 Å². The van der Waals surface area contributed by atoms with Gasteiger partial charge >= 0.3 is 0 Å². The van der Waals surface area contributed by atoms with Crippen molar-refractivity contribution >= 4 is 11.3 Å². The molecule has 0 bridgehead atoms. The lowest BCUT2D eigenvalue weighted by Crippen LogP contribution is -2.31. The van der Waals surface area contributed by atoms with Gasteiger partial charge in [-0.1, -0.05) is 33.1 Å². The lowest BCUT2D eigenvalue weighted by Gasteiger charge is -2.34. The third-order valence-electron chi connectivity index (χ3n) is 4.25. The summed E-state index contributed by atoms with van der Waals surface area (Å²) in [6.07, 6.45) is 6.91. The summed E-state index contributed by atoms with van der Waals surface area (Å²) >= 11 is 1.78. The van der Waals surface area contributed by atoms with Crippen LogP contribution in [-0.2, 0) is 0 Å². The van der Waals surface area contributed by atoms with Crippen LogP contribution in [0.4, 0.5) is 0 Å². The van der Waals surface area contributed by atoms with E-state index in [2.05, 4.69) is 31.5 Å². The number of hydrogen-bond donors (Lipinski definition) is 1. The van der Waals surface area contributed by atoms with Crippen molar-refractivity contribution in [3.8, 4) is 0 Å². The molecule has 1 aliphatic carbocycles. The van der Waals surface area contributed by atoms with Gasteiger partial charge in [-0.25, -0.2) is 4.98 Å². The lowest BCUT2D eigenvalue weighted by atomic mass is 9.76. The third kappa shape index (κ3) is 3.33. The zero-order valence-electron chi connectivity index (χ0n) is 11.9. The third-order valence-corrected chi connectivity index (χ3v) is 5.04. The fraction of sp³-hybridized carbons (Fsp3) is 0.800. The molecule has 0 aliphatic heterocycles. The Labute approximate surface area is 115 Å². The van der Waals surface area contributed by atoms with Crippen LogP contribution in [0.1, 0.15) is 62.7 Å². The molecule has 0 radical (unpaired) electrons. The molecule has 3 unspecified atom stereocenters. The van der Waals surface area contributed by atoms with Crippen LogP contribution in [0.15, 0.2) is 5.38 Å². The molecule has 1 aromatic rings. The largest absolute Gasteiger partial charge is 0.309 e. The second-order valence-electron chi connectivity index (χ2n) is 5.53. The van der Waals surface area contributed by atoms with E-state index in [-0.39, 0.29) is 0 Å². The molecule has 2 rings (SSSR count). The predicted octanol–water partition coefficient (Wildman–Crippen LogP) is 4.32. The average molecular weight is 266 g/mol. The van der Waals surface area contributed by atoms with Crippen LogP contribution in [0.5, 0.6) is 0 Å². The van der Waals surface area contributed by atoms with E-state index < -0.39 is 0 Å². The maximum absolute atomic E-state index is 4.71. The van der Waals surface area contributed by atoms with Crippen molar-refractivity contribution in [2.45, 2.75) is 58.9 Å². The first-order valence-electron chi connectivity index (χ1n) is 7.40. The van der Waals surface area contributed by atoms with Gasteiger partial charge in [0.15, 0.2) is 0 Å². The van der Waals surface area contributed by atoms with Crippen LogP contribution in [0, 0.1) is 18.8 Å². The number of thiazole rings is 1. The number of rotatable bonds is 5. The fourth-order valence-electron chi connectivity index (χ4n) is 3.26. The Balaban J connectivity index is 2.09.